The van der Waals surface area contributed by atoms with E-state index < -0.39 is 11.9 Å². The average Bonchev–Trinajstić information content (AvgIpc) is 2.38. The summed E-state index contributed by atoms with van der Waals surface area (Å²) in [5.74, 6) is -0.0209. The number of benzene rings is 1. The lowest BCUT2D eigenvalue weighted by atomic mass is 9.95. The topological polar surface area (TPSA) is 67.8 Å². The second-order valence-corrected chi connectivity index (χ2v) is 4.19. The van der Waals surface area contributed by atoms with Gasteiger partial charge in [0.05, 0.1) is 5.92 Å². The number of nitrogens with one attached hydrogen (secondary N) is 1. The monoisotopic (exact) mass is 251 g/mol. The van der Waals surface area contributed by atoms with E-state index in [-0.39, 0.29) is 0 Å². The summed E-state index contributed by atoms with van der Waals surface area (Å²) in [5.41, 5.74) is 0.752. The van der Waals surface area contributed by atoms with Crippen molar-refractivity contribution in [1.82, 2.24) is 5.32 Å². The number of hydrogen-bond acceptors (Lipinski definition) is 4. The Hall–Kier alpha value is -1.75. The summed E-state index contributed by atoms with van der Waals surface area (Å²) in [6, 6.07) is 5.34. The first kappa shape index (κ1) is 12.7. The third-order valence-corrected chi connectivity index (χ3v) is 2.95. The molecule has 0 radical (unpaired) electrons. The van der Waals surface area contributed by atoms with Crippen LogP contribution in [0.2, 0.25) is 0 Å². The van der Waals surface area contributed by atoms with Crippen LogP contribution in [0.5, 0.6) is 11.5 Å². The summed E-state index contributed by atoms with van der Waals surface area (Å²) >= 11 is 0. The Kier molecular flexibility index (Phi) is 4.04. The van der Waals surface area contributed by atoms with Crippen molar-refractivity contribution in [2.75, 3.05) is 26.8 Å². The SMILES string of the molecule is CNCCC(C(=O)O)c1ccc2c(c1)OCCO2. The molecule has 2 N–H and O–H groups in total. The van der Waals surface area contributed by atoms with Crippen molar-refractivity contribution in [3.05, 3.63) is 23.8 Å². The van der Waals surface area contributed by atoms with Gasteiger partial charge < -0.3 is 19.9 Å². The van der Waals surface area contributed by atoms with Gasteiger partial charge in [0.1, 0.15) is 13.2 Å². The minimum absolute atomic E-state index is 0.505. The average molecular weight is 251 g/mol. The molecule has 98 valence electrons. The molecule has 18 heavy (non-hydrogen) atoms. The minimum Gasteiger partial charge on any atom is -0.486 e. The molecular weight excluding hydrogens is 234 g/mol. The van der Waals surface area contributed by atoms with E-state index in [0.717, 1.165) is 5.56 Å². The van der Waals surface area contributed by atoms with Gasteiger partial charge in [0, 0.05) is 0 Å². The highest BCUT2D eigenvalue weighted by Gasteiger charge is 2.22. The number of aliphatic carboxylic acids is 1. The van der Waals surface area contributed by atoms with Crippen molar-refractivity contribution in [2.24, 2.45) is 0 Å². The van der Waals surface area contributed by atoms with Crippen molar-refractivity contribution < 1.29 is 19.4 Å². The van der Waals surface area contributed by atoms with Crippen LogP contribution >= 0.6 is 0 Å². The van der Waals surface area contributed by atoms with Gasteiger partial charge in [-0.15, -0.1) is 0 Å². The summed E-state index contributed by atoms with van der Waals surface area (Å²) in [4.78, 5) is 11.3. The molecule has 0 amide bonds. The molecule has 0 fully saturated rings. The van der Waals surface area contributed by atoms with Gasteiger partial charge in [0.25, 0.3) is 0 Å². The highest BCUT2D eigenvalue weighted by atomic mass is 16.6. The molecule has 5 nitrogen and oxygen atoms in total. The van der Waals surface area contributed by atoms with E-state index in [1.54, 1.807) is 18.2 Å². The number of rotatable bonds is 5. The van der Waals surface area contributed by atoms with Gasteiger partial charge >= 0.3 is 5.97 Å². The van der Waals surface area contributed by atoms with Crippen molar-refractivity contribution in [3.63, 3.8) is 0 Å². The van der Waals surface area contributed by atoms with Crippen molar-refractivity contribution in [2.45, 2.75) is 12.3 Å². The summed E-state index contributed by atoms with van der Waals surface area (Å²) in [5, 5.41) is 12.2. The molecule has 0 spiro atoms. The first-order valence-electron chi connectivity index (χ1n) is 5.99. The molecule has 0 bridgehead atoms. The molecule has 0 aromatic heterocycles. The zero-order valence-corrected chi connectivity index (χ0v) is 10.3. The summed E-state index contributed by atoms with van der Waals surface area (Å²) in [6.45, 7) is 1.70. The van der Waals surface area contributed by atoms with E-state index in [4.69, 9.17) is 9.47 Å². The van der Waals surface area contributed by atoms with Gasteiger partial charge in [-0.05, 0) is 37.7 Å². The fourth-order valence-corrected chi connectivity index (χ4v) is 2.00. The van der Waals surface area contributed by atoms with Crippen LogP contribution in [0.15, 0.2) is 18.2 Å². The first-order valence-corrected chi connectivity index (χ1v) is 5.99. The van der Waals surface area contributed by atoms with Crippen LogP contribution in [0.3, 0.4) is 0 Å². The van der Waals surface area contributed by atoms with Gasteiger partial charge in [-0.3, -0.25) is 4.79 Å². The van der Waals surface area contributed by atoms with Crippen LogP contribution in [0.4, 0.5) is 0 Å². The summed E-state index contributed by atoms with van der Waals surface area (Å²) in [6.07, 6.45) is 0.547. The quantitative estimate of drug-likeness (QED) is 0.824. The number of fused-ring (bicyclic) bond motifs is 1. The third-order valence-electron chi connectivity index (χ3n) is 2.95. The number of hydrogen-bond donors (Lipinski definition) is 2. The molecule has 1 aromatic carbocycles. The zero-order chi connectivity index (χ0) is 13.0. The van der Waals surface area contributed by atoms with E-state index in [1.807, 2.05) is 7.05 Å². The Balaban J connectivity index is 2.22. The molecule has 0 saturated carbocycles. The van der Waals surface area contributed by atoms with E-state index >= 15 is 0 Å². The highest BCUT2D eigenvalue weighted by molar-refractivity contribution is 5.76. The molecule has 0 saturated heterocycles. The van der Waals surface area contributed by atoms with Gasteiger partial charge in [-0.1, -0.05) is 6.07 Å². The maximum atomic E-state index is 11.3. The van der Waals surface area contributed by atoms with Crippen molar-refractivity contribution in [1.29, 1.82) is 0 Å². The van der Waals surface area contributed by atoms with Crippen LogP contribution in [0.25, 0.3) is 0 Å². The second-order valence-electron chi connectivity index (χ2n) is 4.19. The van der Waals surface area contributed by atoms with Crippen molar-refractivity contribution >= 4 is 5.97 Å². The van der Waals surface area contributed by atoms with Crippen LogP contribution in [0.1, 0.15) is 17.9 Å². The fourth-order valence-electron chi connectivity index (χ4n) is 2.00. The Bertz CT molecular complexity index is 433. The third kappa shape index (κ3) is 2.73. The molecule has 1 aliphatic rings. The van der Waals surface area contributed by atoms with Crippen LogP contribution < -0.4 is 14.8 Å². The lowest BCUT2D eigenvalue weighted by Gasteiger charge is -2.20. The first-order chi connectivity index (χ1) is 8.72. The predicted octanol–water partition coefficient (Wildman–Crippen LogP) is 1.24. The van der Waals surface area contributed by atoms with Crippen molar-refractivity contribution in [3.8, 4) is 11.5 Å². The Labute approximate surface area is 106 Å². The molecular formula is C13H17NO4. The standard InChI is InChI=1S/C13H17NO4/c1-14-5-4-10(13(15)16)9-2-3-11-12(8-9)18-7-6-17-11/h2-3,8,10,14H,4-7H2,1H3,(H,15,16). The van der Waals surface area contributed by atoms with Crippen LogP contribution in [0, 0.1) is 0 Å². The number of carboxylic acid groups (broad SMARTS) is 1. The highest BCUT2D eigenvalue weighted by Crippen LogP contribution is 2.33. The van der Waals surface area contributed by atoms with E-state index in [2.05, 4.69) is 5.32 Å². The second kappa shape index (κ2) is 5.73. The minimum atomic E-state index is -0.818. The molecule has 1 unspecified atom stereocenters. The fraction of sp³-hybridized carbons (Fsp3) is 0.462. The number of ether oxygens (including phenoxy) is 2. The van der Waals surface area contributed by atoms with E-state index in [1.165, 1.54) is 0 Å². The largest absolute Gasteiger partial charge is 0.486 e. The predicted molar refractivity (Wildman–Crippen MR) is 66.4 cm³/mol. The smallest absolute Gasteiger partial charge is 0.311 e. The lowest BCUT2D eigenvalue weighted by Crippen LogP contribution is -2.19. The molecule has 5 heteroatoms. The van der Waals surface area contributed by atoms with Gasteiger partial charge in [0.2, 0.25) is 0 Å². The normalized spacial score (nSPS) is 15.2. The van der Waals surface area contributed by atoms with Gasteiger partial charge in [-0.2, -0.15) is 0 Å². The Morgan fingerprint density at radius 1 is 1.39 bits per heavy atom. The maximum Gasteiger partial charge on any atom is 0.311 e. The molecule has 1 atom stereocenters. The van der Waals surface area contributed by atoms with Crippen LogP contribution in [-0.2, 0) is 4.79 Å². The van der Waals surface area contributed by atoms with Gasteiger partial charge in [0.15, 0.2) is 11.5 Å². The Morgan fingerprint density at radius 2 is 2.11 bits per heavy atom. The van der Waals surface area contributed by atoms with E-state index in [9.17, 15) is 9.90 Å². The molecule has 1 heterocycles. The van der Waals surface area contributed by atoms with E-state index in [0.29, 0.717) is 37.7 Å². The zero-order valence-electron chi connectivity index (χ0n) is 10.3. The molecule has 0 aliphatic carbocycles. The maximum absolute atomic E-state index is 11.3. The molecule has 1 aromatic rings. The van der Waals surface area contributed by atoms with Gasteiger partial charge in [-0.25, -0.2) is 0 Å². The number of carboxylic acids is 1. The van der Waals surface area contributed by atoms with Crippen LogP contribution in [-0.4, -0.2) is 37.9 Å². The Morgan fingerprint density at radius 3 is 2.78 bits per heavy atom. The molecule has 1 aliphatic heterocycles. The number of carbonyl (C=O) groups is 1. The molecule has 2 rings (SSSR count). The summed E-state index contributed by atoms with van der Waals surface area (Å²) in [7, 11) is 1.81. The lowest BCUT2D eigenvalue weighted by molar-refractivity contribution is -0.138. The summed E-state index contributed by atoms with van der Waals surface area (Å²) < 4.78 is 10.9.